The number of imide groups is 3. The van der Waals surface area contributed by atoms with Crippen LogP contribution in [0.5, 0.6) is 0 Å². The molecule has 0 bridgehead atoms. The van der Waals surface area contributed by atoms with Crippen molar-refractivity contribution < 1.29 is 19.1 Å². The van der Waals surface area contributed by atoms with E-state index in [1.54, 1.807) is 20.8 Å². The Hall–Kier alpha value is -1.65. The Kier molecular flexibility index (Phi) is 3.00. The SMILES string of the molecule is CC(C)(C)OC(=O)N1C(=O)[C@H]2CC=CC[C@H]2C1=O. The van der Waals surface area contributed by atoms with Gasteiger partial charge >= 0.3 is 6.09 Å². The molecule has 1 heterocycles. The second-order valence-electron chi connectivity index (χ2n) is 5.65. The maximum absolute atomic E-state index is 12.0. The van der Waals surface area contributed by atoms with E-state index in [0.717, 1.165) is 0 Å². The Labute approximate surface area is 106 Å². The molecule has 1 saturated heterocycles. The third kappa shape index (κ3) is 2.17. The van der Waals surface area contributed by atoms with Crippen molar-refractivity contribution in [3.8, 4) is 0 Å². The van der Waals surface area contributed by atoms with Crippen molar-refractivity contribution in [2.45, 2.75) is 39.2 Å². The molecule has 18 heavy (non-hydrogen) atoms. The zero-order valence-corrected chi connectivity index (χ0v) is 10.8. The minimum atomic E-state index is -0.855. The standard InChI is InChI=1S/C13H17NO4/c1-13(2,3)18-12(17)14-10(15)8-6-4-5-7-9(8)11(14)16/h4-5,8-9H,6-7H2,1-3H3/t8-,9+. The topological polar surface area (TPSA) is 63.7 Å². The number of amides is 3. The molecule has 5 nitrogen and oxygen atoms in total. The molecule has 3 amide bonds. The van der Waals surface area contributed by atoms with Gasteiger partial charge in [-0.15, -0.1) is 0 Å². The third-order valence-electron chi connectivity index (χ3n) is 3.08. The van der Waals surface area contributed by atoms with E-state index in [1.807, 2.05) is 12.2 Å². The summed E-state index contributed by atoms with van der Waals surface area (Å²) in [6.45, 7) is 5.10. The summed E-state index contributed by atoms with van der Waals surface area (Å²) >= 11 is 0. The molecule has 2 aliphatic rings. The molecule has 1 fully saturated rings. The highest BCUT2D eigenvalue weighted by Gasteiger charge is 2.51. The molecule has 1 aliphatic heterocycles. The molecule has 2 rings (SSSR count). The molecule has 0 radical (unpaired) electrons. The fraction of sp³-hybridized carbons (Fsp3) is 0.615. The highest BCUT2D eigenvalue weighted by molar-refractivity contribution is 6.15. The van der Waals surface area contributed by atoms with Gasteiger partial charge in [0.05, 0.1) is 11.8 Å². The van der Waals surface area contributed by atoms with Gasteiger partial charge in [-0.05, 0) is 33.6 Å². The fourth-order valence-corrected chi connectivity index (χ4v) is 2.29. The molecule has 0 aromatic rings. The first-order chi connectivity index (χ1) is 8.31. The fourth-order valence-electron chi connectivity index (χ4n) is 2.29. The van der Waals surface area contributed by atoms with Crippen molar-refractivity contribution in [2.24, 2.45) is 11.8 Å². The van der Waals surface area contributed by atoms with E-state index >= 15 is 0 Å². The molecule has 0 N–H and O–H groups in total. The number of allylic oxidation sites excluding steroid dienone is 2. The van der Waals surface area contributed by atoms with Crippen LogP contribution >= 0.6 is 0 Å². The van der Waals surface area contributed by atoms with E-state index in [-0.39, 0.29) is 0 Å². The van der Waals surface area contributed by atoms with E-state index < -0.39 is 35.3 Å². The lowest BCUT2D eigenvalue weighted by molar-refractivity contribution is -0.138. The Morgan fingerprint density at radius 3 is 2.00 bits per heavy atom. The van der Waals surface area contributed by atoms with Crippen LogP contribution in [-0.2, 0) is 14.3 Å². The number of likely N-dealkylation sites (tertiary alicyclic amines) is 1. The highest BCUT2D eigenvalue weighted by atomic mass is 16.6. The zero-order valence-electron chi connectivity index (χ0n) is 10.8. The van der Waals surface area contributed by atoms with E-state index in [1.165, 1.54) is 0 Å². The first-order valence-electron chi connectivity index (χ1n) is 6.07. The summed E-state index contributed by atoms with van der Waals surface area (Å²) in [7, 11) is 0. The Morgan fingerprint density at radius 1 is 1.17 bits per heavy atom. The Balaban J connectivity index is 2.18. The number of carbonyl (C=O) groups is 3. The van der Waals surface area contributed by atoms with Crippen molar-refractivity contribution in [3.05, 3.63) is 12.2 Å². The second kappa shape index (κ2) is 4.23. The van der Waals surface area contributed by atoms with Crippen LogP contribution in [0, 0.1) is 11.8 Å². The number of carbonyl (C=O) groups excluding carboxylic acids is 3. The first-order valence-corrected chi connectivity index (χ1v) is 6.07. The summed E-state index contributed by atoms with van der Waals surface area (Å²) in [4.78, 5) is 36.6. The van der Waals surface area contributed by atoms with Crippen molar-refractivity contribution in [3.63, 3.8) is 0 Å². The van der Waals surface area contributed by atoms with Gasteiger partial charge in [-0.1, -0.05) is 12.2 Å². The van der Waals surface area contributed by atoms with Crippen LogP contribution in [0.4, 0.5) is 4.79 Å². The van der Waals surface area contributed by atoms with Crippen molar-refractivity contribution in [2.75, 3.05) is 0 Å². The van der Waals surface area contributed by atoms with Crippen LogP contribution in [0.1, 0.15) is 33.6 Å². The molecular formula is C13H17NO4. The molecule has 0 aromatic heterocycles. The number of hydrogen-bond acceptors (Lipinski definition) is 4. The predicted octanol–water partition coefficient (Wildman–Crippen LogP) is 1.87. The minimum absolute atomic E-state index is 0.394. The summed E-state index contributed by atoms with van der Waals surface area (Å²) in [5.74, 6) is -1.64. The van der Waals surface area contributed by atoms with E-state index in [0.29, 0.717) is 17.7 Å². The largest absolute Gasteiger partial charge is 0.443 e. The second-order valence-corrected chi connectivity index (χ2v) is 5.65. The number of rotatable bonds is 0. The van der Waals surface area contributed by atoms with Gasteiger partial charge < -0.3 is 4.74 Å². The molecule has 0 aromatic carbocycles. The molecule has 0 saturated carbocycles. The maximum Gasteiger partial charge on any atom is 0.424 e. The number of ether oxygens (including phenoxy) is 1. The van der Waals surface area contributed by atoms with Crippen LogP contribution in [0.15, 0.2) is 12.2 Å². The number of fused-ring (bicyclic) bond motifs is 1. The van der Waals surface area contributed by atoms with Gasteiger partial charge in [0.1, 0.15) is 5.60 Å². The molecule has 5 heteroatoms. The molecule has 1 aliphatic carbocycles. The molecule has 98 valence electrons. The first kappa shape index (κ1) is 12.8. The molecule has 2 atom stereocenters. The van der Waals surface area contributed by atoms with Crippen LogP contribution in [0.3, 0.4) is 0 Å². The summed E-state index contributed by atoms with van der Waals surface area (Å²) in [5.41, 5.74) is -0.719. The van der Waals surface area contributed by atoms with Gasteiger partial charge in [-0.25, -0.2) is 4.79 Å². The van der Waals surface area contributed by atoms with E-state index in [4.69, 9.17) is 4.74 Å². The monoisotopic (exact) mass is 251 g/mol. The van der Waals surface area contributed by atoms with Crippen LogP contribution in [-0.4, -0.2) is 28.4 Å². The smallest absolute Gasteiger partial charge is 0.424 e. The zero-order chi connectivity index (χ0) is 13.5. The quantitative estimate of drug-likeness (QED) is 0.487. The average Bonchev–Trinajstić information content (AvgIpc) is 2.50. The average molecular weight is 251 g/mol. The molecular weight excluding hydrogens is 234 g/mol. The lowest BCUT2D eigenvalue weighted by Crippen LogP contribution is -2.41. The normalized spacial score (nSPS) is 27.4. The van der Waals surface area contributed by atoms with Gasteiger partial charge in [0.15, 0.2) is 0 Å². The van der Waals surface area contributed by atoms with Crippen LogP contribution in [0.25, 0.3) is 0 Å². The summed E-state index contributed by atoms with van der Waals surface area (Å²) in [5, 5.41) is 0. The predicted molar refractivity (Wildman–Crippen MR) is 63.4 cm³/mol. The van der Waals surface area contributed by atoms with Gasteiger partial charge in [0, 0.05) is 0 Å². The molecule has 0 spiro atoms. The minimum Gasteiger partial charge on any atom is -0.443 e. The third-order valence-corrected chi connectivity index (χ3v) is 3.08. The van der Waals surface area contributed by atoms with Gasteiger partial charge in [0.2, 0.25) is 11.8 Å². The van der Waals surface area contributed by atoms with Crippen LogP contribution in [0.2, 0.25) is 0 Å². The lowest BCUT2D eigenvalue weighted by atomic mass is 9.85. The van der Waals surface area contributed by atoms with Gasteiger partial charge in [0.25, 0.3) is 0 Å². The summed E-state index contributed by atoms with van der Waals surface area (Å²) in [6, 6.07) is 0. The lowest BCUT2D eigenvalue weighted by Gasteiger charge is -2.22. The van der Waals surface area contributed by atoms with Crippen molar-refractivity contribution in [1.82, 2.24) is 4.90 Å². The van der Waals surface area contributed by atoms with Gasteiger partial charge in [-0.2, -0.15) is 4.90 Å². The summed E-state index contributed by atoms with van der Waals surface area (Å²) < 4.78 is 5.09. The van der Waals surface area contributed by atoms with Crippen molar-refractivity contribution >= 4 is 17.9 Å². The number of nitrogens with zero attached hydrogens (tertiary/aromatic N) is 1. The van der Waals surface area contributed by atoms with Gasteiger partial charge in [-0.3, -0.25) is 9.59 Å². The van der Waals surface area contributed by atoms with E-state index in [2.05, 4.69) is 0 Å². The van der Waals surface area contributed by atoms with E-state index in [9.17, 15) is 14.4 Å². The summed E-state index contributed by atoms with van der Waals surface area (Å²) in [6.07, 6.45) is 3.95. The molecule has 0 unspecified atom stereocenters. The highest BCUT2D eigenvalue weighted by Crippen LogP contribution is 2.35. The number of hydrogen-bond donors (Lipinski definition) is 0. The van der Waals surface area contributed by atoms with Crippen LogP contribution < -0.4 is 0 Å². The maximum atomic E-state index is 12.0. The van der Waals surface area contributed by atoms with Crippen molar-refractivity contribution in [1.29, 1.82) is 0 Å². The Bertz CT molecular complexity index is 407. The Morgan fingerprint density at radius 2 is 1.61 bits per heavy atom.